The van der Waals surface area contributed by atoms with Crippen LogP contribution in [-0.2, 0) is 0 Å². The molecule has 2 aliphatic heterocycles. The first kappa shape index (κ1) is 17.7. The van der Waals surface area contributed by atoms with Crippen LogP contribution in [0.4, 0.5) is 0 Å². The fourth-order valence-corrected chi connectivity index (χ4v) is 3.80. The van der Waals surface area contributed by atoms with E-state index in [9.17, 15) is 0 Å². The fraction of sp³-hybridized carbons (Fsp3) is 0.524. The van der Waals surface area contributed by atoms with Gasteiger partial charge in [-0.25, -0.2) is 0 Å². The SMILES string of the molecule is CCC/C=C(\N)NC1=CCC(CN2CCN3C2=CC=CC3CCC)=C1. The average molecular weight is 341 g/mol. The Morgan fingerprint density at radius 3 is 3.00 bits per heavy atom. The molecule has 0 aromatic heterocycles. The minimum atomic E-state index is 0.575. The predicted octanol–water partition coefficient (Wildman–Crippen LogP) is 3.59. The van der Waals surface area contributed by atoms with Gasteiger partial charge >= 0.3 is 0 Å². The van der Waals surface area contributed by atoms with Crippen molar-refractivity contribution in [2.75, 3.05) is 19.6 Å². The third-order valence-corrected chi connectivity index (χ3v) is 5.07. The maximum Gasteiger partial charge on any atom is 0.105 e. The number of nitrogens with one attached hydrogen (secondary N) is 1. The van der Waals surface area contributed by atoms with Crippen molar-refractivity contribution in [3.05, 3.63) is 59.4 Å². The van der Waals surface area contributed by atoms with Gasteiger partial charge in [0.05, 0.1) is 5.82 Å². The summed E-state index contributed by atoms with van der Waals surface area (Å²) in [6.45, 7) is 7.70. The summed E-state index contributed by atoms with van der Waals surface area (Å²) in [5.74, 6) is 2.16. The zero-order valence-electron chi connectivity index (χ0n) is 15.7. The van der Waals surface area contributed by atoms with Crippen molar-refractivity contribution in [2.45, 2.75) is 52.0 Å². The molecule has 0 amide bonds. The molecule has 1 aliphatic carbocycles. The number of hydrogen-bond acceptors (Lipinski definition) is 4. The topological polar surface area (TPSA) is 44.5 Å². The molecule has 3 N–H and O–H groups in total. The zero-order valence-corrected chi connectivity index (χ0v) is 15.7. The van der Waals surface area contributed by atoms with Crippen molar-refractivity contribution >= 4 is 0 Å². The van der Waals surface area contributed by atoms with Gasteiger partial charge in [-0.05, 0) is 43.1 Å². The number of fused-ring (bicyclic) bond motifs is 1. The number of rotatable bonds is 8. The van der Waals surface area contributed by atoms with Crippen LogP contribution in [0.5, 0.6) is 0 Å². The Morgan fingerprint density at radius 2 is 2.20 bits per heavy atom. The molecule has 3 aliphatic rings. The quantitative estimate of drug-likeness (QED) is 0.709. The first-order valence-electron chi connectivity index (χ1n) is 9.73. The van der Waals surface area contributed by atoms with Crippen molar-refractivity contribution < 1.29 is 0 Å². The fourth-order valence-electron chi connectivity index (χ4n) is 3.80. The summed E-state index contributed by atoms with van der Waals surface area (Å²) >= 11 is 0. The molecule has 1 saturated heterocycles. The van der Waals surface area contributed by atoms with Crippen LogP contribution < -0.4 is 11.1 Å². The molecule has 0 saturated carbocycles. The highest BCUT2D eigenvalue weighted by Gasteiger charge is 2.30. The normalized spacial score (nSPS) is 22.7. The van der Waals surface area contributed by atoms with Crippen LogP contribution in [0, 0.1) is 0 Å². The van der Waals surface area contributed by atoms with Crippen molar-refractivity contribution in [3.8, 4) is 0 Å². The maximum absolute atomic E-state index is 6.03. The molecule has 0 spiro atoms. The van der Waals surface area contributed by atoms with Gasteiger partial charge in [0.2, 0.25) is 0 Å². The van der Waals surface area contributed by atoms with Crippen molar-refractivity contribution in [2.24, 2.45) is 5.73 Å². The minimum absolute atomic E-state index is 0.575. The highest BCUT2D eigenvalue weighted by Crippen LogP contribution is 2.29. The molecule has 0 radical (unpaired) electrons. The van der Waals surface area contributed by atoms with E-state index in [1.807, 2.05) is 0 Å². The van der Waals surface area contributed by atoms with Crippen molar-refractivity contribution in [1.29, 1.82) is 0 Å². The largest absolute Gasteiger partial charge is 0.386 e. The highest BCUT2D eigenvalue weighted by atomic mass is 15.4. The first-order chi connectivity index (χ1) is 12.2. The molecule has 4 heteroatoms. The molecule has 4 nitrogen and oxygen atoms in total. The third kappa shape index (κ3) is 4.30. The van der Waals surface area contributed by atoms with Crippen LogP contribution in [0.25, 0.3) is 0 Å². The van der Waals surface area contributed by atoms with E-state index in [-0.39, 0.29) is 0 Å². The second-order valence-electron chi connectivity index (χ2n) is 7.12. The summed E-state index contributed by atoms with van der Waals surface area (Å²) in [5, 5.41) is 3.32. The summed E-state index contributed by atoms with van der Waals surface area (Å²) in [5.41, 5.74) is 8.62. The standard InChI is InChI=1S/C21H32N4/c1-3-5-9-20(22)23-18-12-11-17(15-18)16-24-13-14-25-19(7-4-2)8-6-10-21(24)25/h6,8-10,12,15,19,23H,3-5,7,11,13-14,16,22H2,1-2H3/b20-9+. The lowest BCUT2D eigenvalue weighted by Gasteiger charge is -2.32. The molecule has 0 bridgehead atoms. The molecule has 25 heavy (non-hydrogen) atoms. The smallest absolute Gasteiger partial charge is 0.105 e. The summed E-state index contributed by atoms with van der Waals surface area (Å²) in [6.07, 6.45) is 19.1. The molecule has 3 rings (SSSR count). The molecule has 1 atom stereocenters. The van der Waals surface area contributed by atoms with Gasteiger partial charge in [0.15, 0.2) is 0 Å². The van der Waals surface area contributed by atoms with E-state index in [0.717, 1.165) is 50.4 Å². The molecule has 2 heterocycles. The Hall–Kier alpha value is -2.10. The van der Waals surface area contributed by atoms with Crippen LogP contribution in [-0.4, -0.2) is 35.5 Å². The van der Waals surface area contributed by atoms with Crippen LogP contribution in [0.3, 0.4) is 0 Å². The van der Waals surface area contributed by atoms with Crippen molar-refractivity contribution in [1.82, 2.24) is 15.1 Å². The Kier molecular flexibility index (Phi) is 5.90. The lowest BCUT2D eigenvalue weighted by Crippen LogP contribution is -2.33. The Balaban J connectivity index is 1.56. The van der Waals surface area contributed by atoms with Crippen LogP contribution in [0.2, 0.25) is 0 Å². The van der Waals surface area contributed by atoms with Gasteiger partial charge in [0, 0.05) is 31.4 Å². The summed E-state index contributed by atoms with van der Waals surface area (Å²) < 4.78 is 0. The van der Waals surface area contributed by atoms with Gasteiger partial charge in [-0.2, -0.15) is 0 Å². The molecule has 0 aromatic rings. The number of nitrogens with two attached hydrogens (primary N) is 1. The molecular formula is C21H32N4. The van der Waals surface area contributed by atoms with Gasteiger partial charge < -0.3 is 20.9 Å². The van der Waals surface area contributed by atoms with E-state index in [0.29, 0.717) is 6.04 Å². The number of hydrogen-bond donors (Lipinski definition) is 2. The van der Waals surface area contributed by atoms with E-state index in [1.54, 1.807) is 0 Å². The maximum atomic E-state index is 6.03. The zero-order chi connectivity index (χ0) is 17.6. The van der Waals surface area contributed by atoms with E-state index in [1.165, 1.54) is 24.2 Å². The average Bonchev–Trinajstić information content (AvgIpc) is 3.22. The summed E-state index contributed by atoms with van der Waals surface area (Å²) in [6, 6.07) is 0.575. The Labute approximate surface area is 152 Å². The van der Waals surface area contributed by atoms with Gasteiger partial charge in [-0.15, -0.1) is 0 Å². The molecule has 1 fully saturated rings. The van der Waals surface area contributed by atoms with Crippen LogP contribution >= 0.6 is 0 Å². The molecule has 0 aromatic carbocycles. The second-order valence-corrected chi connectivity index (χ2v) is 7.12. The summed E-state index contributed by atoms with van der Waals surface area (Å²) in [4.78, 5) is 5.09. The van der Waals surface area contributed by atoms with Gasteiger partial charge in [-0.1, -0.05) is 44.9 Å². The molecule has 136 valence electrons. The lowest BCUT2D eigenvalue weighted by atomic mass is 10.1. The third-order valence-electron chi connectivity index (χ3n) is 5.07. The molecular weight excluding hydrogens is 308 g/mol. The van der Waals surface area contributed by atoms with E-state index in [2.05, 4.69) is 65.4 Å². The monoisotopic (exact) mass is 340 g/mol. The van der Waals surface area contributed by atoms with E-state index >= 15 is 0 Å². The van der Waals surface area contributed by atoms with Crippen LogP contribution in [0.15, 0.2) is 59.4 Å². The highest BCUT2D eigenvalue weighted by molar-refractivity contribution is 5.35. The second kappa shape index (κ2) is 8.32. The Morgan fingerprint density at radius 1 is 1.32 bits per heavy atom. The predicted molar refractivity (Wildman–Crippen MR) is 105 cm³/mol. The van der Waals surface area contributed by atoms with E-state index < -0.39 is 0 Å². The number of allylic oxidation sites excluding steroid dienone is 5. The van der Waals surface area contributed by atoms with Crippen LogP contribution in [0.1, 0.15) is 46.0 Å². The first-order valence-corrected chi connectivity index (χ1v) is 9.73. The van der Waals surface area contributed by atoms with E-state index in [4.69, 9.17) is 5.73 Å². The Bertz CT molecular complexity index is 624. The van der Waals surface area contributed by atoms with Gasteiger partial charge in [0.25, 0.3) is 0 Å². The lowest BCUT2D eigenvalue weighted by molar-refractivity contribution is 0.288. The molecule has 1 unspecified atom stereocenters. The van der Waals surface area contributed by atoms with Gasteiger partial charge in [0.1, 0.15) is 5.82 Å². The number of nitrogens with zero attached hydrogens (tertiary/aromatic N) is 2. The van der Waals surface area contributed by atoms with Crippen molar-refractivity contribution in [3.63, 3.8) is 0 Å². The minimum Gasteiger partial charge on any atom is -0.386 e. The number of unbranched alkanes of at least 4 members (excludes halogenated alkanes) is 1. The summed E-state index contributed by atoms with van der Waals surface area (Å²) in [7, 11) is 0. The van der Waals surface area contributed by atoms with Gasteiger partial charge in [-0.3, -0.25) is 0 Å².